The van der Waals surface area contributed by atoms with E-state index in [1.54, 1.807) is 19.2 Å². The van der Waals surface area contributed by atoms with Crippen molar-refractivity contribution in [2.75, 3.05) is 18.9 Å². The van der Waals surface area contributed by atoms with Crippen LogP contribution in [0.25, 0.3) is 0 Å². The molecule has 0 fully saturated rings. The van der Waals surface area contributed by atoms with Crippen molar-refractivity contribution in [2.45, 2.75) is 33.1 Å². The maximum Gasteiger partial charge on any atom is 0.271 e. The fourth-order valence-electron chi connectivity index (χ4n) is 1.57. The zero-order chi connectivity index (χ0) is 13.4. The Kier molecular flexibility index (Phi) is 6.11. The van der Waals surface area contributed by atoms with Crippen molar-refractivity contribution in [3.63, 3.8) is 0 Å². The topological polar surface area (TPSA) is 66.9 Å². The molecule has 0 saturated heterocycles. The van der Waals surface area contributed by atoms with Gasteiger partial charge in [0.25, 0.3) is 5.91 Å². The Morgan fingerprint density at radius 2 is 2.06 bits per heavy atom. The van der Waals surface area contributed by atoms with E-state index >= 15 is 0 Å². The van der Waals surface area contributed by atoms with Crippen molar-refractivity contribution in [2.24, 2.45) is 5.92 Å². The Morgan fingerprint density at radius 3 is 2.61 bits per heavy atom. The highest BCUT2D eigenvalue weighted by Gasteiger charge is 2.04. The molecular weight excluding hydrogens is 228 g/mol. The number of hydrogen-bond donors (Lipinski definition) is 2. The summed E-state index contributed by atoms with van der Waals surface area (Å²) in [5.74, 6) is 1.26. The molecule has 0 unspecified atom stereocenters. The van der Waals surface area contributed by atoms with Gasteiger partial charge in [-0.3, -0.25) is 4.79 Å². The molecule has 5 nitrogen and oxygen atoms in total. The number of carbonyl (C=O) groups excluding carboxylic acids is 1. The van der Waals surface area contributed by atoms with Gasteiger partial charge in [-0.1, -0.05) is 26.7 Å². The zero-order valence-corrected chi connectivity index (χ0v) is 11.4. The lowest BCUT2D eigenvalue weighted by atomic mass is 10.1. The molecule has 0 aromatic carbocycles. The molecule has 1 heterocycles. The maximum absolute atomic E-state index is 11.3. The van der Waals surface area contributed by atoms with E-state index in [9.17, 15) is 4.79 Å². The maximum atomic E-state index is 11.3. The molecule has 0 spiro atoms. The molecule has 1 aromatic rings. The lowest BCUT2D eigenvalue weighted by Gasteiger charge is -2.06. The van der Waals surface area contributed by atoms with Crippen LogP contribution in [0.5, 0.6) is 0 Å². The summed E-state index contributed by atoms with van der Waals surface area (Å²) in [6.45, 7) is 5.35. The first kappa shape index (κ1) is 14.4. The molecule has 0 bridgehead atoms. The first-order valence-corrected chi connectivity index (χ1v) is 6.43. The number of hydrogen-bond acceptors (Lipinski definition) is 4. The number of carbonyl (C=O) groups is 1. The molecule has 0 aliphatic carbocycles. The summed E-state index contributed by atoms with van der Waals surface area (Å²) in [7, 11) is 1.57. The predicted octanol–water partition coefficient (Wildman–Crippen LogP) is 2.07. The second kappa shape index (κ2) is 7.63. The molecule has 18 heavy (non-hydrogen) atoms. The summed E-state index contributed by atoms with van der Waals surface area (Å²) in [5, 5.41) is 13.5. The van der Waals surface area contributed by atoms with Crippen LogP contribution in [0.3, 0.4) is 0 Å². The number of rotatable bonds is 7. The van der Waals surface area contributed by atoms with Crippen molar-refractivity contribution in [1.29, 1.82) is 0 Å². The number of amides is 1. The molecule has 1 amide bonds. The first-order chi connectivity index (χ1) is 8.63. The monoisotopic (exact) mass is 250 g/mol. The van der Waals surface area contributed by atoms with E-state index in [0.717, 1.165) is 18.9 Å². The van der Waals surface area contributed by atoms with Gasteiger partial charge in [-0.15, -0.1) is 10.2 Å². The molecule has 0 saturated carbocycles. The van der Waals surface area contributed by atoms with Gasteiger partial charge in [0.2, 0.25) is 0 Å². The lowest BCUT2D eigenvalue weighted by Crippen LogP contribution is -2.19. The number of nitrogens with zero attached hydrogens (tertiary/aromatic N) is 2. The molecule has 5 heteroatoms. The van der Waals surface area contributed by atoms with Crippen molar-refractivity contribution in [3.8, 4) is 0 Å². The van der Waals surface area contributed by atoms with Crippen LogP contribution in [-0.2, 0) is 0 Å². The fourth-order valence-corrected chi connectivity index (χ4v) is 1.57. The molecule has 0 radical (unpaired) electrons. The van der Waals surface area contributed by atoms with E-state index < -0.39 is 0 Å². The second-order valence-corrected chi connectivity index (χ2v) is 4.70. The largest absolute Gasteiger partial charge is 0.369 e. The highest BCUT2D eigenvalue weighted by Crippen LogP contribution is 2.07. The SMILES string of the molecule is CNC(=O)c1ccc(NCCCCC(C)C)nn1. The van der Waals surface area contributed by atoms with Crippen LogP contribution >= 0.6 is 0 Å². The van der Waals surface area contributed by atoms with Crippen molar-refractivity contribution < 1.29 is 4.79 Å². The molecule has 0 atom stereocenters. The summed E-state index contributed by atoms with van der Waals surface area (Å²) in [5.41, 5.74) is 0.336. The van der Waals surface area contributed by atoms with Gasteiger partial charge in [0.15, 0.2) is 5.69 Å². The highest BCUT2D eigenvalue weighted by atomic mass is 16.1. The molecular formula is C13H22N4O. The van der Waals surface area contributed by atoms with Crippen LogP contribution in [0.4, 0.5) is 5.82 Å². The number of aromatic nitrogens is 2. The number of nitrogens with one attached hydrogen (secondary N) is 2. The standard InChI is InChI=1S/C13H22N4O/c1-10(2)6-4-5-9-15-12-8-7-11(16-17-12)13(18)14-3/h7-8,10H,4-6,9H2,1-3H3,(H,14,18)(H,15,17). The minimum absolute atomic E-state index is 0.217. The van der Waals surface area contributed by atoms with Crippen LogP contribution in [0, 0.1) is 5.92 Å². The van der Waals surface area contributed by atoms with Gasteiger partial charge in [-0.25, -0.2) is 0 Å². The second-order valence-electron chi connectivity index (χ2n) is 4.70. The smallest absolute Gasteiger partial charge is 0.271 e. The highest BCUT2D eigenvalue weighted by molar-refractivity contribution is 5.91. The van der Waals surface area contributed by atoms with Crippen LogP contribution in [0.15, 0.2) is 12.1 Å². The van der Waals surface area contributed by atoms with Crippen LogP contribution in [0.1, 0.15) is 43.6 Å². The van der Waals surface area contributed by atoms with E-state index in [2.05, 4.69) is 34.7 Å². The molecule has 2 N–H and O–H groups in total. The minimum atomic E-state index is -0.217. The van der Waals surface area contributed by atoms with Gasteiger partial charge in [-0.05, 0) is 24.5 Å². The van der Waals surface area contributed by atoms with Gasteiger partial charge < -0.3 is 10.6 Å². The normalized spacial score (nSPS) is 10.4. The third-order valence-electron chi connectivity index (χ3n) is 2.64. The molecule has 100 valence electrons. The number of unbranched alkanes of at least 4 members (excludes halogenated alkanes) is 1. The first-order valence-electron chi connectivity index (χ1n) is 6.43. The summed E-state index contributed by atoms with van der Waals surface area (Å²) in [6, 6.07) is 3.45. The zero-order valence-electron chi connectivity index (χ0n) is 11.4. The quantitative estimate of drug-likeness (QED) is 0.727. The van der Waals surface area contributed by atoms with E-state index in [0.29, 0.717) is 11.5 Å². The number of anilines is 1. The van der Waals surface area contributed by atoms with Gasteiger partial charge in [0, 0.05) is 13.6 Å². The van der Waals surface area contributed by atoms with Gasteiger partial charge in [0.05, 0.1) is 0 Å². The Bertz CT molecular complexity index is 362. The lowest BCUT2D eigenvalue weighted by molar-refractivity contribution is 0.0957. The summed E-state index contributed by atoms with van der Waals surface area (Å²) < 4.78 is 0. The fraction of sp³-hybridized carbons (Fsp3) is 0.615. The Hall–Kier alpha value is -1.65. The Morgan fingerprint density at radius 1 is 1.28 bits per heavy atom. The van der Waals surface area contributed by atoms with E-state index in [1.807, 2.05) is 0 Å². The minimum Gasteiger partial charge on any atom is -0.369 e. The third kappa shape index (κ3) is 5.12. The van der Waals surface area contributed by atoms with E-state index in [4.69, 9.17) is 0 Å². The van der Waals surface area contributed by atoms with Crippen molar-refractivity contribution >= 4 is 11.7 Å². The average Bonchev–Trinajstić information content (AvgIpc) is 2.38. The van der Waals surface area contributed by atoms with Gasteiger partial charge in [-0.2, -0.15) is 0 Å². The summed E-state index contributed by atoms with van der Waals surface area (Å²) in [4.78, 5) is 11.3. The van der Waals surface area contributed by atoms with Crippen molar-refractivity contribution in [1.82, 2.24) is 15.5 Å². The Balaban J connectivity index is 2.29. The predicted molar refractivity (Wildman–Crippen MR) is 72.6 cm³/mol. The average molecular weight is 250 g/mol. The van der Waals surface area contributed by atoms with Crippen LogP contribution in [0.2, 0.25) is 0 Å². The molecule has 1 aromatic heterocycles. The van der Waals surface area contributed by atoms with Crippen LogP contribution in [-0.4, -0.2) is 29.7 Å². The molecule has 0 aliphatic rings. The summed E-state index contributed by atoms with van der Waals surface area (Å²) >= 11 is 0. The van der Waals surface area contributed by atoms with Crippen LogP contribution < -0.4 is 10.6 Å². The van der Waals surface area contributed by atoms with E-state index in [-0.39, 0.29) is 5.91 Å². The Labute approximate surface area is 108 Å². The van der Waals surface area contributed by atoms with Gasteiger partial charge in [0.1, 0.15) is 5.82 Å². The molecule has 0 aliphatic heterocycles. The van der Waals surface area contributed by atoms with Crippen molar-refractivity contribution in [3.05, 3.63) is 17.8 Å². The van der Waals surface area contributed by atoms with E-state index in [1.165, 1.54) is 12.8 Å². The summed E-state index contributed by atoms with van der Waals surface area (Å²) in [6.07, 6.45) is 3.59. The third-order valence-corrected chi connectivity index (χ3v) is 2.64. The molecule has 1 rings (SSSR count). The van der Waals surface area contributed by atoms with Gasteiger partial charge >= 0.3 is 0 Å².